The van der Waals surface area contributed by atoms with Crippen molar-refractivity contribution in [1.29, 1.82) is 0 Å². The summed E-state index contributed by atoms with van der Waals surface area (Å²) in [5, 5.41) is 12.5. The van der Waals surface area contributed by atoms with Crippen molar-refractivity contribution in [1.82, 2.24) is 4.98 Å². The number of benzene rings is 2. The van der Waals surface area contributed by atoms with Gasteiger partial charge in [-0.25, -0.2) is 9.12 Å². The van der Waals surface area contributed by atoms with Crippen molar-refractivity contribution < 1.29 is 13.9 Å². The van der Waals surface area contributed by atoms with Gasteiger partial charge < -0.3 is 9.94 Å². The summed E-state index contributed by atoms with van der Waals surface area (Å²) in [4.78, 5) is 4.30. The number of rotatable bonds is 2. The van der Waals surface area contributed by atoms with Crippen LogP contribution in [-0.4, -0.2) is 12.1 Å². The third kappa shape index (κ3) is 2.03. The van der Waals surface area contributed by atoms with Crippen molar-refractivity contribution in [2.75, 3.05) is 7.11 Å². The van der Waals surface area contributed by atoms with Gasteiger partial charge in [0.25, 0.3) is 0 Å². The van der Waals surface area contributed by atoms with E-state index in [0.717, 1.165) is 0 Å². The van der Waals surface area contributed by atoms with E-state index >= 15 is 0 Å². The number of methoxy groups -OCH3 is 1. The fourth-order valence-electron chi connectivity index (χ4n) is 2.09. The highest BCUT2D eigenvalue weighted by atomic mass is 19.1. The first-order chi connectivity index (χ1) is 9.69. The van der Waals surface area contributed by atoms with Gasteiger partial charge in [0.15, 0.2) is 5.52 Å². The largest absolute Gasteiger partial charge is 0.710 e. The minimum absolute atomic E-state index is 0.224. The lowest BCUT2D eigenvalue weighted by atomic mass is 10.1. The summed E-state index contributed by atoms with van der Waals surface area (Å²) in [6.07, 6.45) is 1.31. The Kier molecular flexibility index (Phi) is 2.95. The van der Waals surface area contributed by atoms with Crippen LogP contribution in [0.2, 0.25) is 0 Å². The molecule has 0 saturated heterocycles. The van der Waals surface area contributed by atoms with E-state index in [1.165, 1.54) is 25.4 Å². The zero-order valence-electron chi connectivity index (χ0n) is 10.7. The highest BCUT2D eigenvalue weighted by Crippen LogP contribution is 2.26. The third-order valence-corrected chi connectivity index (χ3v) is 3.03. The second kappa shape index (κ2) is 4.77. The van der Waals surface area contributed by atoms with Gasteiger partial charge in [0, 0.05) is 0 Å². The van der Waals surface area contributed by atoms with E-state index in [1.54, 1.807) is 24.3 Å². The average Bonchev–Trinajstić information content (AvgIpc) is 2.46. The van der Waals surface area contributed by atoms with Gasteiger partial charge >= 0.3 is 5.82 Å². The van der Waals surface area contributed by atoms with Crippen LogP contribution in [0.5, 0.6) is 5.75 Å². The molecule has 0 amide bonds. The molecule has 4 nitrogen and oxygen atoms in total. The van der Waals surface area contributed by atoms with Crippen molar-refractivity contribution >= 4 is 10.9 Å². The zero-order chi connectivity index (χ0) is 14.1. The SMILES string of the molecule is COc1ccccc1-c1nc2ccc(F)cc2c[n+]1[O-]. The van der Waals surface area contributed by atoms with E-state index in [4.69, 9.17) is 4.74 Å². The van der Waals surface area contributed by atoms with Crippen molar-refractivity contribution in [3.05, 3.63) is 59.7 Å². The second-order valence-electron chi connectivity index (χ2n) is 4.29. The van der Waals surface area contributed by atoms with Gasteiger partial charge in [0.2, 0.25) is 0 Å². The van der Waals surface area contributed by atoms with E-state index < -0.39 is 5.82 Å². The molecule has 3 rings (SSSR count). The number of aromatic nitrogens is 2. The quantitative estimate of drug-likeness (QED) is 0.531. The summed E-state index contributed by atoms with van der Waals surface area (Å²) in [5.74, 6) is 0.386. The first-order valence-electron chi connectivity index (χ1n) is 6.02. The molecule has 0 N–H and O–H groups in total. The Balaban J connectivity index is 2.26. The molecule has 0 spiro atoms. The number of halogens is 1. The maximum Gasteiger partial charge on any atom is 0.337 e. The number of nitrogens with zero attached hydrogens (tertiary/aromatic N) is 2. The van der Waals surface area contributed by atoms with Crippen LogP contribution in [0.25, 0.3) is 22.3 Å². The number of fused-ring (bicyclic) bond motifs is 1. The van der Waals surface area contributed by atoms with Gasteiger partial charge in [-0.3, -0.25) is 0 Å². The van der Waals surface area contributed by atoms with Gasteiger partial charge in [0.05, 0.1) is 12.5 Å². The molecule has 2 aromatic carbocycles. The van der Waals surface area contributed by atoms with Gasteiger partial charge in [-0.2, -0.15) is 0 Å². The smallest absolute Gasteiger partial charge is 0.337 e. The Morgan fingerprint density at radius 2 is 2.00 bits per heavy atom. The first kappa shape index (κ1) is 12.3. The minimum Gasteiger partial charge on any atom is -0.710 e. The van der Waals surface area contributed by atoms with Gasteiger partial charge in [-0.05, 0) is 35.3 Å². The Bertz CT molecular complexity index is 790. The van der Waals surface area contributed by atoms with Crippen molar-refractivity contribution in [2.24, 2.45) is 0 Å². The molecule has 0 unspecified atom stereocenters. The standard InChI is InChI=1S/C15H11FN2O2/c1-20-14-5-3-2-4-12(14)15-17-13-7-6-11(16)8-10(13)9-18(15)19/h2-9H,1H3. The van der Waals surface area contributed by atoms with Crippen LogP contribution in [0.1, 0.15) is 0 Å². The van der Waals surface area contributed by atoms with E-state index in [2.05, 4.69) is 4.98 Å². The summed E-state index contributed by atoms with van der Waals surface area (Å²) in [6, 6.07) is 11.3. The number of hydrogen-bond acceptors (Lipinski definition) is 3. The van der Waals surface area contributed by atoms with Crippen LogP contribution >= 0.6 is 0 Å². The van der Waals surface area contributed by atoms with E-state index in [9.17, 15) is 9.60 Å². The van der Waals surface area contributed by atoms with Gasteiger partial charge in [-0.15, -0.1) is 0 Å². The predicted octanol–water partition coefficient (Wildman–Crippen LogP) is 2.68. The Morgan fingerprint density at radius 3 is 2.80 bits per heavy atom. The Labute approximate surface area is 114 Å². The summed E-state index contributed by atoms with van der Waals surface area (Å²) in [5.41, 5.74) is 1.15. The molecule has 0 aliphatic rings. The van der Waals surface area contributed by atoms with E-state index in [-0.39, 0.29) is 5.82 Å². The molecule has 0 aliphatic heterocycles. The van der Waals surface area contributed by atoms with Crippen LogP contribution in [-0.2, 0) is 0 Å². The summed E-state index contributed by atoms with van der Waals surface area (Å²) >= 11 is 0. The molecule has 0 radical (unpaired) electrons. The maximum absolute atomic E-state index is 13.2. The van der Waals surface area contributed by atoms with Crippen molar-refractivity contribution in [3.8, 4) is 17.1 Å². The van der Waals surface area contributed by atoms with Crippen LogP contribution in [0.4, 0.5) is 4.39 Å². The Morgan fingerprint density at radius 1 is 1.20 bits per heavy atom. The molecule has 1 heterocycles. The third-order valence-electron chi connectivity index (χ3n) is 3.03. The lowest BCUT2D eigenvalue weighted by Gasteiger charge is -2.09. The van der Waals surface area contributed by atoms with Crippen molar-refractivity contribution in [3.63, 3.8) is 0 Å². The molecule has 20 heavy (non-hydrogen) atoms. The van der Waals surface area contributed by atoms with Crippen LogP contribution < -0.4 is 9.47 Å². The molecule has 0 saturated carbocycles. The summed E-state index contributed by atoms with van der Waals surface area (Å²) < 4.78 is 19.0. The minimum atomic E-state index is -0.399. The monoisotopic (exact) mass is 270 g/mol. The number of hydrogen-bond donors (Lipinski definition) is 0. The predicted molar refractivity (Wildman–Crippen MR) is 72.6 cm³/mol. The van der Waals surface area contributed by atoms with E-state index in [1.807, 2.05) is 6.07 Å². The molecule has 5 heteroatoms. The summed E-state index contributed by atoms with van der Waals surface area (Å²) in [6.45, 7) is 0. The lowest BCUT2D eigenvalue weighted by Crippen LogP contribution is -2.30. The molecule has 0 atom stereocenters. The molecular weight excluding hydrogens is 259 g/mol. The molecule has 0 fully saturated rings. The maximum atomic E-state index is 13.2. The summed E-state index contributed by atoms with van der Waals surface area (Å²) in [7, 11) is 1.53. The Hall–Kier alpha value is -2.69. The zero-order valence-corrected chi connectivity index (χ0v) is 10.7. The van der Waals surface area contributed by atoms with Crippen LogP contribution in [0.15, 0.2) is 48.7 Å². The first-order valence-corrected chi connectivity index (χ1v) is 6.02. The van der Waals surface area contributed by atoms with E-state index in [0.29, 0.717) is 26.9 Å². The average molecular weight is 270 g/mol. The number of para-hydroxylation sites is 1. The van der Waals surface area contributed by atoms with Crippen LogP contribution in [0.3, 0.4) is 0 Å². The molecule has 1 aromatic heterocycles. The molecule has 100 valence electrons. The van der Waals surface area contributed by atoms with Gasteiger partial charge in [0.1, 0.15) is 23.3 Å². The highest BCUT2D eigenvalue weighted by molar-refractivity contribution is 5.79. The van der Waals surface area contributed by atoms with Crippen molar-refractivity contribution in [2.45, 2.75) is 0 Å². The van der Waals surface area contributed by atoms with Gasteiger partial charge in [-0.1, -0.05) is 12.1 Å². The fourth-order valence-corrected chi connectivity index (χ4v) is 2.09. The normalized spacial score (nSPS) is 10.7. The molecule has 0 aliphatic carbocycles. The highest BCUT2D eigenvalue weighted by Gasteiger charge is 2.18. The lowest BCUT2D eigenvalue weighted by molar-refractivity contribution is -0.595. The number of ether oxygens (including phenoxy) is 1. The fraction of sp³-hybridized carbons (Fsp3) is 0.0667. The second-order valence-corrected chi connectivity index (χ2v) is 4.29. The van der Waals surface area contributed by atoms with Crippen LogP contribution in [0, 0.1) is 11.0 Å². The molecular formula is C15H11FN2O2. The molecule has 3 aromatic rings. The molecule has 0 bridgehead atoms. The topological polar surface area (TPSA) is 49.1 Å².